The van der Waals surface area contributed by atoms with Crippen molar-refractivity contribution in [3.8, 4) is 22.6 Å². The average Bonchev–Trinajstić information content (AvgIpc) is 3.78. The smallest absolute Gasteiger partial charge is 0.222 e. The molecule has 0 spiro atoms. The number of carbonyl (C=O) groups excluding carboxylic acids is 1. The molecule has 0 unspecified atom stereocenters. The predicted molar refractivity (Wildman–Crippen MR) is 206 cm³/mol. The number of aliphatic hydroxyl groups excluding tert-OH is 1. The Kier molecular flexibility index (Phi) is 12.3. The van der Waals surface area contributed by atoms with Crippen molar-refractivity contribution in [2.75, 3.05) is 0 Å². The molecule has 3 aromatic heterocycles. The number of furan rings is 1. The van der Waals surface area contributed by atoms with Gasteiger partial charge in [-0.1, -0.05) is 104 Å². The van der Waals surface area contributed by atoms with E-state index < -0.39 is 0 Å². The first kappa shape index (κ1) is 39.2. The predicted octanol–water partition coefficient (Wildman–Crippen LogP) is 12.7. The standard InChI is InChI=1S/C28H21N2OS.C15H28O2.Ir/c1-28(2,3)23-14-18(13-17-7-4-5-8-19(17)23)26-22-15-24(31-27(22)30-16-29-26)20-9-6-10-25-21(20)11-12-32-25;1-7-14(5,8-2)12(16)11-13(17)15(6,9-3)10-4;/h4-12,14-16H,1-3H3;11,16H,7-10H2,1-6H3;/q-1;;/b;12-11-;. The summed E-state index contributed by atoms with van der Waals surface area (Å²) in [7, 11) is 0. The first-order valence-electron chi connectivity index (χ1n) is 17.4. The summed E-state index contributed by atoms with van der Waals surface area (Å²) < 4.78 is 7.46. The summed E-state index contributed by atoms with van der Waals surface area (Å²) >= 11 is 1.73. The molecular formula is C43H49IrN2O3S-. The van der Waals surface area contributed by atoms with E-state index in [2.05, 4.69) is 103 Å². The van der Waals surface area contributed by atoms with Crippen molar-refractivity contribution in [3.63, 3.8) is 0 Å². The van der Waals surface area contributed by atoms with Crippen molar-refractivity contribution in [1.29, 1.82) is 0 Å². The van der Waals surface area contributed by atoms with Crippen LogP contribution in [0.4, 0.5) is 0 Å². The Bertz CT molecular complexity index is 2130. The van der Waals surface area contributed by atoms with Gasteiger partial charge in [0.15, 0.2) is 5.78 Å². The molecule has 6 rings (SSSR count). The van der Waals surface area contributed by atoms with Crippen LogP contribution in [-0.4, -0.2) is 20.9 Å². The van der Waals surface area contributed by atoms with Crippen LogP contribution in [-0.2, 0) is 30.3 Å². The molecule has 7 heteroatoms. The monoisotopic (exact) mass is 866 g/mol. The van der Waals surface area contributed by atoms with Gasteiger partial charge in [-0.2, -0.15) is 0 Å². The summed E-state index contributed by atoms with van der Waals surface area (Å²) in [6.45, 7) is 18.8. The van der Waals surface area contributed by atoms with Crippen LogP contribution in [0.25, 0.3) is 54.5 Å². The number of fused-ring (bicyclic) bond motifs is 3. The van der Waals surface area contributed by atoms with Gasteiger partial charge in [0.25, 0.3) is 0 Å². The summed E-state index contributed by atoms with van der Waals surface area (Å²) in [6.07, 6.45) is 6.33. The molecule has 0 aliphatic carbocycles. The molecule has 0 saturated heterocycles. The van der Waals surface area contributed by atoms with Crippen LogP contribution in [0.5, 0.6) is 0 Å². The van der Waals surface area contributed by atoms with Crippen LogP contribution >= 0.6 is 11.3 Å². The van der Waals surface area contributed by atoms with Crippen LogP contribution < -0.4 is 0 Å². The second-order valence-corrected chi connectivity index (χ2v) is 15.5. The molecule has 0 bridgehead atoms. The zero-order chi connectivity index (χ0) is 35.6. The molecule has 0 saturated carbocycles. The maximum absolute atomic E-state index is 12.2. The van der Waals surface area contributed by atoms with Gasteiger partial charge in [-0.25, -0.2) is 4.98 Å². The van der Waals surface area contributed by atoms with Gasteiger partial charge in [0.2, 0.25) is 5.71 Å². The van der Waals surface area contributed by atoms with Gasteiger partial charge in [-0.15, -0.1) is 40.5 Å². The number of aliphatic hydroxyl groups is 1. The number of allylic oxidation sites excluding steroid dienone is 2. The van der Waals surface area contributed by atoms with Crippen LogP contribution in [0.15, 0.2) is 88.6 Å². The third kappa shape index (κ3) is 7.81. The molecule has 0 amide bonds. The van der Waals surface area contributed by atoms with E-state index in [1.165, 1.54) is 27.1 Å². The van der Waals surface area contributed by atoms with E-state index in [0.29, 0.717) is 5.71 Å². The number of hydrogen-bond donors (Lipinski definition) is 1. The Hall–Kier alpha value is -3.64. The normalized spacial score (nSPS) is 12.5. The maximum Gasteiger partial charge on any atom is 0.222 e. The molecule has 0 atom stereocenters. The van der Waals surface area contributed by atoms with Gasteiger partial charge in [0.05, 0.1) is 0 Å². The largest absolute Gasteiger partial charge is 0.512 e. The summed E-state index contributed by atoms with van der Waals surface area (Å²) in [5.74, 6) is 1.09. The van der Waals surface area contributed by atoms with E-state index in [4.69, 9.17) is 4.42 Å². The maximum atomic E-state index is 12.2. The van der Waals surface area contributed by atoms with Crippen molar-refractivity contribution < 1.29 is 34.4 Å². The molecule has 3 aromatic carbocycles. The van der Waals surface area contributed by atoms with E-state index in [1.54, 1.807) is 17.7 Å². The van der Waals surface area contributed by atoms with Gasteiger partial charge in [0, 0.05) is 63.7 Å². The Morgan fingerprint density at radius 1 is 0.840 bits per heavy atom. The molecule has 5 nitrogen and oxygen atoms in total. The van der Waals surface area contributed by atoms with Gasteiger partial charge in [0.1, 0.15) is 17.8 Å². The fraction of sp³-hybridized carbons (Fsp3) is 0.372. The molecule has 50 heavy (non-hydrogen) atoms. The quantitative estimate of drug-likeness (QED) is 0.0890. The molecule has 1 N–H and O–H groups in total. The molecule has 265 valence electrons. The number of hydrogen-bond acceptors (Lipinski definition) is 6. The Balaban J connectivity index is 0.000000269. The zero-order valence-corrected chi connectivity index (χ0v) is 33.9. The first-order chi connectivity index (χ1) is 23.3. The minimum absolute atomic E-state index is 0. The molecule has 1 radical (unpaired) electrons. The van der Waals surface area contributed by atoms with Gasteiger partial charge in [-0.05, 0) is 54.7 Å². The third-order valence-corrected chi connectivity index (χ3v) is 11.4. The Morgan fingerprint density at radius 3 is 2.18 bits per heavy atom. The van der Waals surface area contributed by atoms with Gasteiger partial charge >= 0.3 is 0 Å². The van der Waals surface area contributed by atoms with E-state index in [0.717, 1.165) is 59.0 Å². The minimum atomic E-state index is -0.337. The number of ketones is 1. The number of thiophene rings is 1. The van der Waals surface area contributed by atoms with Gasteiger partial charge in [-0.3, -0.25) is 9.78 Å². The van der Waals surface area contributed by atoms with Crippen molar-refractivity contribution in [1.82, 2.24) is 9.97 Å². The molecule has 6 aromatic rings. The topological polar surface area (TPSA) is 76.2 Å². The molecule has 0 fully saturated rings. The Labute approximate surface area is 314 Å². The second kappa shape index (κ2) is 15.7. The number of benzene rings is 3. The Morgan fingerprint density at radius 2 is 1.52 bits per heavy atom. The van der Waals surface area contributed by atoms with Gasteiger partial charge < -0.3 is 9.52 Å². The number of aromatic nitrogens is 2. The molecule has 0 aliphatic rings. The molecule has 3 heterocycles. The summed E-state index contributed by atoms with van der Waals surface area (Å²) in [4.78, 5) is 21.3. The van der Waals surface area contributed by atoms with Crippen LogP contribution in [0.1, 0.15) is 93.6 Å². The molecule has 0 aliphatic heterocycles. The van der Waals surface area contributed by atoms with Crippen molar-refractivity contribution >= 4 is 49.1 Å². The summed E-state index contributed by atoms with van der Waals surface area (Å²) in [5.41, 5.74) is 4.14. The number of carbonyl (C=O) groups is 1. The van der Waals surface area contributed by atoms with Crippen molar-refractivity contribution in [2.45, 2.75) is 93.4 Å². The fourth-order valence-corrected chi connectivity index (χ4v) is 6.89. The van der Waals surface area contributed by atoms with Crippen LogP contribution in [0.2, 0.25) is 0 Å². The van der Waals surface area contributed by atoms with E-state index in [1.807, 2.05) is 41.5 Å². The second-order valence-electron chi connectivity index (χ2n) is 14.5. The minimum Gasteiger partial charge on any atom is -0.512 e. The molecular weight excluding hydrogens is 817 g/mol. The van der Waals surface area contributed by atoms with Crippen LogP contribution in [0.3, 0.4) is 0 Å². The van der Waals surface area contributed by atoms with Crippen molar-refractivity contribution in [2.24, 2.45) is 10.8 Å². The summed E-state index contributed by atoms with van der Waals surface area (Å²) in [6, 6.07) is 24.7. The van der Waals surface area contributed by atoms with E-state index in [9.17, 15) is 9.90 Å². The van der Waals surface area contributed by atoms with E-state index in [-0.39, 0.29) is 47.9 Å². The first-order valence-corrected chi connectivity index (χ1v) is 18.3. The zero-order valence-electron chi connectivity index (χ0n) is 30.7. The number of rotatable bonds is 9. The third-order valence-electron chi connectivity index (χ3n) is 10.5. The van der Waals surface area contributed by atoms with Crippen molar-refractivity contribution in [3.05, 3.63) is 95.8 Å². The fourth-order valence-electron chi connectivity index (χ4n) is 6.07. The van der Waals surface area contributed by atoms with E-state index >= 15 is 0 Å². The van der Waals surface area contributed by atoms with Crippen LogP contribution in [0, 0.1) is 16.9 Å². The number of nitrogens with zero attached hydrogens (tertiary/aromatic N) is 2. The SMILES string of the molecule is CC(C)(C)c1cc(-c2ncnc3oc(-c4cccc5sccc45)cc23)[c-]c2ccccc12.CCC(C)(CC)C(=O)/C=C(\O)C(C)(CC)CC.[Ir]. The average molecular weight is 866 g/mol. The summed E-state index contributed by atoms with van der Waals surface area (Å²) in [5, 5.41) is 16.7.